The normalized spacial score (nSPS) is 11.3. The van der Waals surface area contributed by atoms with Gasteiger partial charge in [-0.2, -0.15) is 0 Å². The van der Waals surface area contributed by atoms with Crippen LogP contribution in [0.4, 0.5) is 11.4 Å². The van der Waals surface area contributed by atoms with Gasteiger partial charge in [-0.15, -0.1) is 0 Å². The van der Waals surface area contributed by atoms with Crippen LogP contribution < -0.4 is 10.6 Å². The molecule has 0 unspecified atom stereocenters. The van der Waals surface area contributed by atoms with Crippen LogP contribution in [0.2, 0.25) is 5.02 Å². The average Bonchev–Trinajstić information content (AvgIpc) is 2.55. The Balaban J connectivity index is 2.16. The van der Waals surface area contributed by atoms with Crippen LogP contribution in [0.15, 0.2) is 47.4 Å². The van der Waals surface area contributed by atoms with E-state index < -0.39 is 15.7 Å². The summed E-state index contributed by atoms with van der Waals surface area (Å²) in [5.74, 6) is -0.774. The molecule has 2 aromatic rings. The Morgan fingerprint density at radius 1 is 0.962 bits per heavy atom. The second-order valence-electron chi connectivity index (χ2n) is 6.09. The number of hydrogen-bond donors (Lipinski definition) is 2. The number of nitrogens with one attached hydrogen (secondary N) is 2. The summed E-state index contributed by atoms with van der Waals surface area (Å²) in [5, 5.41) is 5.55. The zero-order valence-corrected chi connectivity index (χ0v) is 16.1. The molecule has 0 aromatic heterocycles. The van der Waals surface area contributed by atoms with Crippen LogP contribution in [-0.2, 0) is 14.6 Å². The van der Waals surface area contributed by atoms with Gasteiger partial charge in [0.2, 0.25) is 5.91 Å². The van der Waals surface area contributed by atoms with Crippen molar-refractivity contribution in [2.75, 3.05) is 16.9 Å². The SMILES string of the molecule is CC(C)C(=O)Nc1ccc(NC(=O)c2cc(S(C)(=O)=O)ccc2Cl)cc1. The van der Waals surface area contributed by atoms with Crippen LogP contribution >= 0.6 is 11.6 Å². The highest BCUT2D eigenvalue weighted by Gasteiger charge is 2.16. The average molecular weight is 395 g/mol. The van der Waals surface area contributed by atoms with Crippen molar-refractivity contribution in [2.24, 2.45) is 5.92 Å². The molecule has 2 N–H and O–H groups in total. The topological polar surface area (TPSA) is 92.3 Å². The number of anilines is 2. The molecule has 0 saturated heterocycles. The summed E-state index contributed by atoms with van der Waals surface area (Å²) in [7, 11) is -3.45. The van der Waals surface area contributed by atoms with Gasteiger partial charge < -0.3 is 10.6 Å². The van der Waals surface area contributed by atoms with Crippen molar-refractivity contribution in [2.45, 2.75) is 18.7 Å². The van der Waals surface area contributed by atoms with E-state index in [0.29, 0.717) is 11.4 Å². The van der Waals surface area contributed by atoms with Crippen LogP contribution in [0, 0.1) is 5.92 Å². The molecule has 6 nitrogen and oxygen atoms in total. The lowest BCUT2D eigenvalue weighted by Gasteiger charge is -2.10. The smallest absolute Gasteiger partial charge is 0.257 e. The Kier molecular flexibility index (Phi) is 6.05. The zero-order chi connectivity index (χ0) is 19.5. The van der Waals surface area contributed by atoms with Crippen LogP contribution in [-0.4, -0.2) is 26.5 Å². The molecule has 0 aliphatic heterocycles. The van der Waals surface area contributed by atoms with E-state index in [9.17, 15) is 18.0 Å². The third-order valence-electron chi connectivity index (χ3n) is 3.55. The molecule has 0 spiro atoms. The first kappa shape index (κ1) is 19.9. The predicted octanol–water partition coefficient (Wildman–Crippen LogP) is 3.59. The number of benzene rings is 2. The summed E-state index contributed by atoms with van der Waals surface area (Å²) >= 11 is 6.02. The summed E-state index contributed by atoms with van der Waals surface area (Å²) in [6, 6.07) is 10.5. The molecule has 2 rings (SSSR count). The maximum Gasteiger partial charge on any atom is 0.257 e. The molecule has 0 fully saturated rings. The summed E-state index contributed by atoms with van der Waals surface area (Å²) in [4.78, 5) is 24.1. The first-order valence-corrected chi connectivity index (χ1v) is 10.1. The lowest BCUT2D eigenvalue weighted by molar-refractivity contribution is -0.118. The first-order chi connectivity index (χ1) is 12.1. The molecule has 8 heteroatoms. The third kappa shape index (κ3) is 5.06. The minimum absolute atomic E-state index is 0.0128. The van der Waals surface area contributed by atoms with E-state index in [4.69, 9.17) is 11.6 Å². The third-order valence-corrected chi connectivity index (χ3v) is 4.99. The fraction of sp³-hybridized carbons (Fsp3) is 0.222. The van der Waals surface area contributed by atoms with Crippen molar-refractivity contribution in [3.05, 3.63) is 53.1 Å². The largest absolute Gasteiger partial charge is 0.326 e. The maximum atomic E-state index is 12.4. The molecule has 0 aliphatic carbocycles. The van der Waals surface area contributed by atoms with Gasteiger partial charge in [0.25, 0.3) is 5.91 Å². The number of rotatable bonds is 5. The molecular weight excluding hydrogens is 376 g/mol. The van der Waals surface area contributed by atoms with Gasteiger partial charge in [0.15, 0.2) is 9.84 Å². The van der Waals surface area contributed by atoms with Crippen LogP contribution in [0.25, 0.3) is 0 Å². The second kappa shape index (κ2) is 7.88. The van der Waals surface area contributed by atoms with Crippen molar-refractivity contribution in [3.63, 3.8) is 0 Å². The Morgan fingerprint density at radius 2 is 1.50 bits per heavy atom. The summed E-state index contributed by atoms with van der Waals surface area (Å²) in [6.07, 6.45) is 1.06. The minimum Gasteiger partial charge on any atom is -0.326 e. The Labute approximate surface area is 157 Å². The summed E-state index contributed by atoms with van der Waals surface area (Å²) < 4.78 is 23.3. The maximum absolute atomic E-state index is 12.4. The van der Waals surface area contributed by atoms with Crippen LogP contribution in [0.5, 0.6) is 0 Å². The summed E-state index contributed by atoms with van der Waals surface area (Å²) in [5.41, 5.74) is 1.16. The molecule has 0 bridgehead atoms. The van der Waals surface area contributed by atoms with E-state index in [1.165, 1.54) is 18.2 Å². The van der Waals surface area contributed by atoms with E-state index in [-0.39, 0.29) is 27.3 Å². The van der Waals surface area contributed by atoms with Gasteiger partial charge in [-0.05, 0) is 42.5 Å². The van der Waals surface area contributed by atoms with Crippen molar-refractivity contribution in [1.29, 1.82) is 0 Å². The molecule has 0 radical (unpaired) electrons. The number of sulfone groups is 1. The molecule has 138 valence electrons. The molecule has 2 aromatic carbocycles. The van der Waals surface area contributed by atoms with E-state index >= 15 is 0 Å². The number of carbonyl (C=O) groups excluding carboxylic acids is 2. The van der Waals surface area contributed by atoms with Gasteiger partial charge in [-0.1, -0.05) is 25.4 Å². The fourth-order valence-corrected chi connectivity index (χ4v) is 2.88. The highest BCUT2D eigenvalue weighted by Crippen LogP contribution is 2.22. The standard InChI is InChI=1S/C18H19ClN2O4S/c1-11(2)17(22)20-12-4-6-13(7-5-12)21-18(23)15-10-14(26(3,24)25)8-9-16(15)19/h4-11H,1-3H3,(H,20,22)(H,21,23). The molecule has 26 heavy (non-hydrogen) atoms. The van der Waals surface area contributed by atoms with Gasteiger partial charge in [0, 0.05) is 23.5 Å². The van der Waals surface area contributed by atoms with E-state index in [2.05, 4.69) is 10.6 Å². The quantitative estimate of drug-likeness (QED) is 0.810. The second-order valence-corrected chi connectivity index (χ2v) is 8.51. The highest BCUT2D eigenvalue weighted by molar-refractivity contribution is 7.90. The minimum atomic E-state index is -3.45. The van der Waals surface area contributed by atoms with Gasteiger partial charge in [0.1, 0.15) is 0 Å². The molecule has 0 saturated carbocycles. The van der Waals surface area contributed by atoms with Crippen LogP contribution in [0.1, 0.15) is 24.2 Å². The number of hydrogen-bond acceptors (Lipinski definition) is 4. The van der Waals surface area contributed by atoms with Crippen molar-refractivity contribution in [3.8, 4) is 0 Å². The van der Waals surface area contributed by atoms with Gasteiger partial charge in [-0.3, -0.25) is 9.59 Å². The summed E-state index contributed by atoms with van der Waals surface area (Å²) in [6.45, 7) is 3.58. The van der Waals surface area contributed by atoms with E-state index in [0.717, 1.165) is 6.26 Å². The lowest BCUT2D eigenvalue weighted by Crippen LogP contribution is -2.17. The Hall–Kier alpha value is -2.38. The van der Waals surface area contributed by atoms with Gasteiger partial charge in [-0.25, -0.2) is 8.42 Å². The predicted molar refractivity (Wildman–Crippen MR) is 102 cm³/mol. The molecule has 0 aliphatic rings. The Morgan fingerprint density at radius 3 is 2.00 bits per heavy atom. The molecule has 2 amide bonds. The van der Waals surface area contributed by atoms with Crippen molar-refractivity contribution in [1.82, 2.24) is 0 Å². The molecular formula is C18H19ClN2O4S. The number of carbonyl (C=O) groups is 2. The van der Waals surface area contributed by atoms with Crippen molar-refractivity contribution < 1.29 is 18.0 Å². The van der Waals surface area contributed by atoms with Crippen molar-refractivity contribution >= 4 is 44.6 Å². The molecule has 0 atom stereocenters. The number of halogens is 1. The monoisotopic (exact) mass is 394 g/mol. The van der Waals surface area contributed by atoms with Crippen LogP contribution in [0.3, 0.4) is 0 Å². The first-order valence-electron chi connectivity index (χ1n) is 7.80. The van der Waals surface area contributed by atoms with Gasteiger partial charge in [0.05, 0.1) is 15.5 Å². The molecule has 0 heterocycles. The Bertz CT molecular complexity index is 938. The fourth-order valence-electron chi connectivity index (χ4n) is 2.03. The highest BCUT2D eigenvalue weighted by atomic mass is 35.5. The zero-order valence-electron chi connectivity index (χ0n) is 14.5. The van der Waals surface area contributed by atoms with Gasteiger partial charge >= 0.3 is 0 Å². The van der Waals surface area contributed by atoms with E-state index in [1.807, 2.05) is 0 Å². The number of amides is 2. The van der Waals surface area contributed by atoms with E-state index in [1.54, 1.807) is 38.1 Å². The lowest BCUT2D eigenvalue weighted by atomic mass is 10.2.